The Hall–Kier alpha value is -4.42. The summed E-state index contributed by atoms with van der Waals surface area (Å²) in [5.41, 5.74) is 10.2. The minimum absolute atomic E-state index is 0.0680. The Bertz CT molecular complexity index is 1320. The number of hydrazine groups is 1. The highest BCUT2D eigenvalue weighted by Gasteiger charge is 2.29. The van der Waals surface area contributed by atoms with Crippen molar-refractivity contribution >= 4 is 12.1 Å². The van der Waals surface area contributed by atoms with Crippen LogP contribution in [0.15, 0.2) is 103 Å². The first kappa shape index (κ1) is 23.3. The second-order valence-electron chi connectivity index (χ2n) is 8.75. The summed E-state index contributed by atoms with van der Waals surface area (Å²) < 4.78 is 5.58. The number of carbonyl (C=O) groups is 2. The molecule has 0 saturated heterocycles. The van der Waals surface area contributed by atoms with E-state index in [9.17, 15) is 14.7 Å². The van der Waals surface area contributed by atoms with Gasteiger partial charge in [-0.3, -0.25) is 10.2 Å². The Balaban J connectivity index is 1.24. The van der Waals surface area contributed by atoms with Gasteiger partial charge in [0.1, 0.15) is 13.2 Å². The number of rotatable bonds is 8. The largest absolute Gasteiger partial charge is 0.480 e. The number of nitrogens with zero attached hydrogens (tertiary/aromatic N) is 1. The summed E-state index contributed by atoms with van der Waals surface area (Å²) in [5, 5.41) is 10.7. The van der Waals surface area contributed by atoms with Gasteiger partial charge in [0.05, 0.1) is 0 Å². The fourth-order valence-electron chi connectivity index (χ4n) is 4.71. The average Bonchev–Trinajstić information content (AvgIpc) is 3.22. The molecule has 6 nitrogen and oxygen atoms in total. The molecule has 0 aliphatic heterocycles. The third-order valence-corrected chi connectivity index (χ3v) is 6.35. The summed E-state index contributed by atoms with van der Waals surface area (Å²) in [4.78, 5) is 24.1. The van der Waals surface area contributed by atoms with E-state index in [2.05, 4.69) is 29.7 Å². The van der Waals surface area contributed by atoms with E-state index in [1.807, 2.05) is 78.9 Å². The van der Waals surface area contributed by atoms with Crippen LogP contribution in [0.5, 0.6) is 0 Å². The predicted octanol–water partition coefficient (Wildman–Crippen LogP) is 5.69. The zero-order valence-electron chi connectivity index (χ0n) is 19.6. The number of fused-ring (bicyclic) bond motifs is 3. The van der Waals surface area contributed by atoms with Crippen LogP contribution < -0.4 is 5.43 Å². The molecule has 4 aromatic rings. The Morgan fingerprint density at radius 2 is 1.31 bits per heavy atom. The van der Waals surface area contributed by atoms with Crippen molar-refractivity contribution in [3.8, 4) is 22.3 Å². The molecule has 4 aromatic carbocycles. The van der Waals surface area contributed by atoms with E-state index in [0.717, 1.165) is 38.9 Å². The molecule has 36 heavy (non-hydrogen) atoms. The Morgan fingerprint density at radius 3 is 1.92 bits per heavy atom. The van der Waals surface area contributed by atoms with Crippen LogP contribution >= 0.6 is 0 Å². The molecule has 1 aliphatic carbocycles. The SMILES string of the molecule is O=C(O)CN(Cc1ccc(-c2ccccc2)cc1)NC(=O)OCC1c2ccccc2-c2ccccc21. The molecular formula is C30H26N2O4. The smallest absolute Gasteiger partial charge is 0.421 e. The summed E-state index contributed by atoms with van der Waals surface area (Å²) in [6, 6.07) is 34.0. The number of carbonyl (C=O) groups excluding carboxylic acids is 1. The van der Waals surface area contributed by atoms with E-state index in [1.54, 1.807) is 0 Å². The molecule has 0 fully saturated rings. The van der Waals surface area contributed by atoms with Crippen molar-refractivity contribution in [2.45, 2.75) is 12.5 Å². The number of ether oxygens (including phenoxy) is 1. The molecule has 2 N–H and O–H groups in total. The highest BCUT2D eigenvalue weighted by Crippen LogP contribution is 2.44. The molecule has 6 heteroatoms. The third-order valence-electron chi connectivity index (χ3n) is 6.35. The molecule has 180 valence electrons. The number of hydrogen-bond acceptors (Lipinski definition) is 4. The van der Waals surface area contributed by atoms with E-state index >= 15 is 0 Å². The van der Waals surface area contributed by atoms with Gasteiger partial charge in [-0.05, 0) is 38.9 Å². The monoisotopic (exact) mass is 478 g/mol. The van der Waals surface area contributed by atoms with Crippen LogP contribution in [0.25, 0.3) is 22.3 Å². The van der Waals surface area contributed by atoms with Gasteiger partial charge in [0.25, 0.3) is 0 Å². The van der Waals surface area contributed by atoms with E-state index in [4.69, 9.17) is 4.74 Å². The molecule has 0 bridgehead atoms. The fraction of sp³-hybridized carbons (Fsp3) is 0.133. The molecule has 0 atom stereocenters. The van der Waals surface area contributed by atoms with Crippen LogP contribution in [-0.2, 0) is 16.1 Å². The molecule has 5 rings (SSSR count). The molecule has 0 radical (unpaired) electrons. The van der Waals surface area contributed by atoms with Crippen molar-refractivity contribution in [1.82, 2.24) is 10.4 Å². The Kier molecular flexibility index (Phi) is 6.78. The van der Waals surface area contributed by atoms with Gasteiger partial charge >= 0.3 is 12.1 Å². The van der Waals surface area contributed by atoms with Gasteiger partial charge in [-0.2, -0.15) is 0 Å². The van der Waals surface area contributed by atoms with Crippen LogP contribution in [0.2, 0.25) is 0 Å². The highest BCUT2D eigenvalue weighted by atomic mass is 16.6. The molecule has 1 amide bonds. The lowest BCUT2D eigenvalue weighted by Gasteiger charge is -2.22. The van der Waals surface area contributed by atoms with Gasteiger partial charge in [0.2, 0.25) is 0 Å². The van der Waals surface area contributed by atoms with Gasteiger partial charge in [-0.15, -0.1) is 0 Å². The van der Waals surface area contributed by atoms with Crippen LogP contribution in [0.3, 0.4) is 0 Å². The van der Waals surface area contributed by atoms with E-state index < -0.39 is 12.1 Å². The van der Waals surface area contributed by atoms with Gasteiger partial charge < -0.3 is 9.84 Å². The Labute approximate surface area is 209 Å². The average molecular weight is 479 g/mol. The molecule has 0 aromatic heterocycles. The van der Waals surface area contributed by atoms with Crippen LogP contribution in [0.1, 0.15) is 22.6 Å². The van der Waals surface area contributed by atoms with Crippen LogP contribution in [0, 0.1) is 0 Å². The van der Waals surface area contributed by atoms with Crippen molar-refractivity contribution in [3.63, 3.8) is 0 Å². The number of hydrogen-bond donors (Lipinski definition) is 2. The standard InChI is InChI=1S/C30H26N2O4/c33-29(34)19-32(18-21-14-16-23(17-15-21)22-8-2-1-3-9-22)31-30(35)36-20-28-26-12-6-4-10-24(26)25-11-5-7-13-27(25)28/h1-17,28H,18-20H2,(H,31,35)(H,33,34). The number of nitrogens with one attached hydrogen (secondary N) is 1. The summed E-state index contributed by atoms with van der Waals surface area (Å²) in [6.07, 6.45) is -0.681. The summed E-state index contributed by atoms with van der Waals surface area (Å²) >= 11 is 0. The lowest BCUT2D eigenvalue weighted by atomic mass is 9.98. The van der Waals surface area contributed by atoms with Crippen molar-refractivity contribution < 1.29 is 19.4 Å². The lowest BCUT2D eigenvalue weighted by Crippen LogP contribution is -2.45. The first-order valence-corrected chi connectivity index (χ1v) is 11.8. The number of benzene rings is 4. The molecule has 0 saturated carbocycles. The maximum absolute atomic E-state index is 12.7. The van der Waals surface area contributed by atoms with Gasteiger partial charge in [-0.1, -0.05) is 103 Å². The Morgan fingerprint density at radius 1 is 0.750 bits per heavy atom. The quantitative estimate of drug-likeness (QED) is 0.318. The van der Waals surface area contributed by atoms with E-state index in [0.29, 0.717) is 0 Å². The number of amides is 1. The summed E-state index contributed by atoms with van der Waals surface area (Å²) in [7, 11) is 0. The summed E-state index contributed by atoms with van der Waals surface area (Å²) in [5.74, 6) is -1.11. The predicted molar refractivity (Wildman–Crippen MR) is 138 cm³/mol. The van der Waals surface area contributed by atoms with Crippen molar-refractivity contribution in [2.75, 3.05) is 13.2 Å². The third kappa shape index (κ3) is 5.14. The van der Waals surface area contributed by atoms with Crippen molar-refractivity contribution in [2.24, 2.45) is 0 Å². The topological polar surface area (TPSA) is 78.9 Å². The zero-order chi connectivity index (χ0) is 24.9. The number of carboxylic acids is 1. The van der Waals surface area contributed by atoms with Crippen molar-refractivity contribution in [3.05, 3.63) is 120 Å². The van der Waals surface area contributed by atoms with E-state index in [-0.39, 0.29) is 25.6 Å². The highest BCUT2D eigenvalue weighted by molar-refractivity contribution is 5.79. The number of carboxylic acid groups (broad SMARTS) is 1. The first-order valence-electron chi connectivity index (χ1n) is 11.8. The normalized spacial score (nSPS) is 12.1. The lowest BCUT2D eigenvalue weighted by molar-refractivity contribution is -0.139. The molecule has 1 aliphatic rings. The number of aliphatic carboxylic acids is 1. The second-order valence-corrected chi connectivity index (χ2v) is 8.75. The zero-order valence-corrected chi connectivity index (χ0v) is 19.6. The van der Waals surface area contributed by atoms with Crippen molar-refractivity contribution in [1.29, 1.82) is 0 Å². The van der Waals surface area contributed by atoms with E-state index in [1.165, 1.54) is 5.01 Å². The van der Waals surface area contributed by atoms with Gasteiger partial charge in [-0.25, -0.2) is 9.80 Å². The van der Waals surface area contributed by atoms with Gasteiger partial charge in [0.15, 0.2) is 0 Å². The molecule has 0 unspecified atom stereocenters. The minimum atomic E-state index is -1.05. The van der Waals surface area contributed by atoms with Gasteiger partial charge in [0, 0.05) is 12.5 Å². The van der Waals surface area contributed by atoms with Crippen LogP contribution in [-0.4, -0.2) is 35.3 Å². The molecule has 0 spiro atoms. The summed E-state index contributed by atoms with van der Waals surface area (Å²) in [6.45, 7) is 0.0305. The second kappa shape index (κ2) is 10.5. The fourth-order valence-corrected chi connectivity index (χ4v) is 4.71. The maximum atomic E-state index is 12.7. The molecular weight excluding hydrogens is 452 g/mol. The first-order chi connectivity index (χ1) is 17.6. The minimum Gasteiger partial charge on any atom is -0.480 e. The van der Waals surface area contributed by atoms with Crippen LogP contribution in [0.4, 0.5) is 4.79 Å². The maximum Gasteiger partial charge on any atom is 0.421 e. The molecule has 0 heterocycles.